The van der Waals surface area contributed by atoms with Crippen molar-refractivity contribution >= 4 is 17.1 Å². The Morgan fingerprint density at radius 3 is 2.68 bits per heavy atom. The van der Waals surface area contributed by atoms with Gasteiger partial charge in [0.15, 0.2) is 0 Å². The number of nitriles is 1. The molecule has 3 aromatic rings. The smallest absolute Gasteiger partial charge is 0.299 e. The molecule has 0 aliphatic heterocycles. The molecule has 0 atom stereocenters. The molecule has 0 unspecified atom stereocenters. The number of carbonyl (C=O) groups excluding carboxylic acids is 1. The van der Waals surface area contributed by atoms with Gasteiger partial charge in [-0.15, -0.1) is 0 Å². The molecule has 9 heteroatoms. The van der Waals surface area contributed by atoms with Crippen LogP contribution in [0.1, 0.15) is 54.4 Å². The number of aromatic nitrogens is 2. The highest BCUT2D eigenvalue weighted by atomic mass is 16.7. The lowest BCUT2D eigenvalue weighted by atomic mass is 9.97. The number of pyridine rings is 1. The molecule has 3 rings (SSSR count). The van der Waals surface area contributed by atoms with Gasteiger partial charge in [-0.05, 0) is 76.6 Å². The van der Waals surface area contributed by atoms with Crippen LogP contribution in [0.3, 0.4) is 0 Å². The van der Waals surface area contributed by atoms with Crippen molar-refractivity contribution in [3.63, 3.8) is 0 Å². The minimum Gasteiger partial charge on any atom is -0.494 e. The van der Waals surface area contributed by atoms with Crippen molar-refractivity contribution in [3.05, 3.63) is 58.9 Å². The van der Waals surface area contributed by atoms with E-state index in [1.807, 2.05) is 33.8 Å². The van der Waals surface area contributed by atoms with Crippen LogP contribution in [-0.4, -0.2) is 40.8 Å². The Hall–Kier alpha value is -3.61. The minimum atomic E-state index is -0.812. The van der Waals surface area contributed by atoms with Crippen molar-refractivity contribution in [1.29, 1.82) is 5.26 Å². The molecular weight excluding hydrogens is 432 g/mol. The van der Waals surface area contributed by atoms with Crippen LogP contribution in [0.5, 0.6) is 5.75 Å². The van der Waals surface area contributed by atoms with Gasteiger partial charge in [0.1, 0.15) is 17.4 Å². The summed E-state index contributed by atoms with van der Waals surface area (Å²) in [6.07, 6.45) is 2.86. The number of rotatable bonds is 11. The molecule has 1 radical (unpaired) electrons. The summed E-state index contributed by atoms with van der Waals surface area (Å²) in [6, 6.07) is 10.9. The van der Waals surface area contributed by atoms with E-state index in [0.29, 0.717) is 48.5 Å². The molecule has 34 heavy (non-hydrogen) atoms. The number of nitrogens with one attached hydrogen (secondary N) is 1. The SMILES string of the molecule is CCOc1ccc(C(=O)[N]OC(C)(C)Cc2c(C)c(NCCCN)c(C#N)c3ccnn23)cc1. The lowest BCUT2D eigenvalue weighted by Crippen LogP contribution is -2.34. The minimum absolute atomic E-state index is 0.411. The molecule has 0 saturated carbocycles. The lowest BCUT2D eigenvalue weighted by Gasteiger charge is -2.25. The zero-order valence-electron chi connectivity index (χ0n) is 20.1. The van der Waals surface area contributed by atoms with Crippen LogP contribution in [0, 0.1) is 18.3 Å². The number of benzene rings is 1. The second kappa shape index (κ2) is 11.0. The molecule has 0 aliphatic rings. The molecule has 0 bridgehead atoms. The van der Waals surface area contributed by atoms with E-state index in [9.17, 15) is 10.1 Å². The monoisotopic (exact) mass is 463 g/mol. The van der Waals surface area contributed by atoms with Crippen LogP contribution in [0.15, 0.2) is 36.5 Å². The predicted octanol–water partition coefficient (Wildman–Crippen LogP) is 3.37. The number of carbonyl (C=O) groups is 1. The maximum absolute atomic E-state index is 12.5. The first-order valence-electron chi connectivity index (χ1n) is 11.3. The molecular formula is C25H31N6O3. The van der Waals surface area contributed by atoms with Gasteiger partial charge in [-0.25, -0.2) is 9.35 Å². The number of nitrogens with two attached hydrogens (primary N) is 1. The number of nitrogens with zero attached hydrogens (tertiary/aromatic N) is 4. The van der Waals surface area contributed by atoms with E-state index in [1.165, 1.54) is 0 Å². The maximum atomic E-state index is 12.5. The fourth-order valence-corrected chi connectivity index (χ4v) is 3.70. The molecule has 0 fully saturated rings. The number of hydroxylamine groups is 1. The summed E-state index contributed by atoms with van der Waals surface area (Å²) in [5.41, 5.74) is 12.8. The molecule has 1 amide bonds. The Labute approximate surface area is 199 Å². The van der Waals surface area contributed by atoms with Crippen LogP contribution in [0.2, 0.25) is 0 Å². The molecule has 2 aromatic heterocycles. The zero-order chi connectivity index (χ0) is 24.7. The Balaban J connectivity index is 1.80. The van der Waals surface area contributed by atoms with Gasteiger partial charge in [0.05, 0.1) is 35.3 Å². The third-order valence-electron chi connectivity index (χ3n) is 5.39. The van der Waals surface area contributed by atoms with Gasteiger partial charge in [-0.3, -0.25) is 4.79 Å². The first kappa shape index (κ1) is 25.0. The maximum Gasteiger partial charge on any atom is 0.299 e. The van der Waals surface area contributed by atoms with Gasteiger partial charge in [0.25, 0.3) is 5.91 Å². The predicted molar refractivity (Wildman–Crippen MR) is 130 cm³/mol. The van der Waals surface area contributed by atoms with Crippen molar-refractivity contribution in [2.24, 2.45) is 5.73 Å². The molecule has 9 nitrogen and oxygen atoms in total. The number of hydrogen-bond acceptors (Lipinski definition) is 7. The first-order chi connectivity index (χ1) is 16.3. The number of amides is 1. The average Bonchev–Trinajstić information content (AvgIpc) is 3.30. The van der Waals surface area contributed by atoms with E-state index in [4.69, 9.17) is 15.3 Å². The topological polar surface area (TPSA) is 129 Å². The average molecular weight is 464 g/mol. The molecule has 2 heterocycles. The van der Waals surface area contributed by atoms with Crippen LogP contribution < -0.4 is 21.3 Å². The number of ether oxygens (including phenoxy) is 1. The van der Waals surface area contributed by atoms with Crippen molar-refractivity contribution in [2.75, 3.05) is 25.0 Å². The van der Waals surface area contributed by atoms with Gasteiger partial charge in [0.2, 0.25) is 0 Å². The van der Waals surface area contributed by atoms with E-state index < -0.39 is 11.5 Å². The third-order valence-corrected chi connectivity index (χ3v) is 5.39. The van der Waals surface area contributed by atoms with E-state index in [-0.39, 0.29) is 0 Å². The molecule has 1 aromatic carbocycles. The standard InChI is InChI=1S/C25H31N6O3/c1-5-33-19-9-7-18(8-10-19)24(32)30-34-25(3,4)15-22-17(2)23(28-13-6-12-26)20(16-27)21-11-14-29-31(21)22/h7-11,14,28H,5-6,12-13,15,26H2,1-4H3. The van der Waals surface area contributed by atoms with Crippen molar-refractivity contribution in [3.8, 4) is 11.8 Å². The van der Waals surface area contributed by atoms with Gasteiger partial charge in [-0.1, -0.05) is 5.48 Å². The van der Waals surface area contributed by atoms with E-state index in [2.05, 4.69) is 22.0 Å². The van der Waals surface area contributed by atoms with Crippen molar-refractivity contribution in [2.45, 2.75) is 46.1 Å². The van der Waals surface area contributed by atoms with Gasteiger partial charge in [0, 0.05) is 18.5 Å². The Morgan fingerprint density at radius 1 is 1.29 bits per heavy atom. The molecule has 3 N–H and O–H groups in total. The summed E-state index contributed by atoms with van der Waals surface area (Å²) in [6.45, 7) is 9.32. The zero-order valence-corrected chi connectivity index (χ0v) is 20.1. The fourth-order valence-electron chi connectivity index (χ4n) is 3.70. The van der Waals surface area contributed by atoms with Crippen LogP contribution in [0.25, 0.3) is 5.52 Å². The summed E-state index contributed by atoms with van der Waals surface area (Å²) >= 11 is 0. The van der Waals surface area contributed by atoms with Crippen LogP contribution in [-0.2, 0) is 11.3 Å². The Bertz CT molecular complexity index is 1180. The Morgan fingerprint density at radius 2 is 2.03 bits per heavy atom. The summed E-state index contributed by atoms with van der Waals surface area (Å²) in [5, 5.41) is 17.6. The largest absolute Gasteiger partial charge is 0.494 e. The summed E-state index contributed by atoms with van der Waals surface area (Å²) < 4.78 is 7.16. The highest BCUT2D eigenvalue weighted by Crippen LogP contribution is 2.31. The van der Waals surface area contributed by atoms with E-state index in [1.54, 1.807) is 35.0 Å². The number of hydrogen-bond donors (Lipinski definition) is 2. The fraction of sp³-hybridized carbons (Fsp3) is 0.400. The quantitative estimate of drug-likeness (QED) is 0.329. The van der Waals surface area contributed by atoms with Crippen LogP contribution >= 0.6 is 0 Å². The molecule has 0 saturated heterocycles. The van der Waals surface area contributed by atoms with E-state index >= 15 is 0 Å². The third kappa shape index (κ3) is 5.65. The molecule has 0 spiro atoms. The van der Waals surface area contributed by atoms with Gasteiger partial charge >= 0.3 is 0 Å². The second-order valence-corrected chi connectivity index (χ2v) is 8.51. The van der Waals surface area contributed by atoms with E-state index in [0.717, 1.165) is 23.4 Å². The van der Waals surface area contributed by atoms with Gasteiger partial charge < -0.3 is 15.8 Å². The Kier molecular flexibility index (Phi) is 8.10. The van der Waals surface area contributed by atoms with Crippen molar-refractivity contribution in [1.82, 2.24) is 15.1 Å². The van der Waals surface area contributed by atoms with Gasteiger partial charge in [-0.2, -0.15) is 10.4 Å². The molecule has 179 valence electrons. The molecule has 0 aliphatic carbocycles. The normalized spacial score (nSPS) is 11.3. The number of fused-ring (bicyclic) bond motifs is 1. The summed E-state index contributed by atoms with van der Waals surface area (Å²) in [4.78, 5) is 18.2. The first-order valence-corrected chi connectivity index (χ1v) is 11.3. The second-order valence-electron chi connectivity index (χ2n) is 8.51. The number of anilines is 1. The lowest BCUT2D eigenvalue weighted by molar-refractivity contribution is -0.0756. The van der Waals surface area contributed by atoms with Crippen molar-refractivity contribution < 1.29 is 14.4 Å². The highest BCUT2D eigenvalue weighted by molar-refractivity contribution is 5.93. The summed E-state index contributed by atoms with van der Waals surface area (Å²) in [5.74, 6) is 0.219. The summed E-state index contributed by atoms with van der Waals surface area (Å²) in [7, 11) is 0. The van der Waals surface area contributed by atoms with Crippen LogP contribution in [0.4, 0.5) is 5.69 Å². The highest BCUT2D eigenvalue weighted by Gasteiger charge is 2.27.